The van der Waals surface area contributed by atoms with Crippen molar-refractivity contribution in [3.8, 4) is 5.75 Å². The third kappa shape index (κ3) is 3.83. The van der Waals surface area contributed by atoms with Crippen LogP contribution in [0.4, 0.5) is 0 Å². The summed E-state index contributed by atoms with van der Waals surface area (Å²) in [6, 6.07) is 1.48. The maximum absolute atomic E-state index is 11.7. The minimum absolute atomic E-state index is 0.0434. The molecular weight excluding hydrogens is 264 g/mol. The number of carboxylic acids is 1. The van der Waals surface area contributed by atoms with E-state index in [0.29, 0.717) is 11.1 Å². The number of aliphatic hydroxyl groups excluding tert-OH is 1. The second-order valence-corrected chi connectivity index (χ2v) is 4.16. The molecule has 0 bridgehead atoms. The first-order valence-corrected chi connectivity index (χ1v) is 5.80. The number of hydrogen-bond donors (Lipinski definition) is 2. The molecule has 0 radical (unpaired) electrons. The molecular formula is C14H16O6. The van der Waals surface area contributed by atoms with Gasteiger partial charge in [0, 0.05) is 12.1 Å². The standard InChI is InChI=1S/C14H16O6/c1-8(5-13(16)17)4-9(2)11-6-12(19-3)10(7-15)14(18)20-11/h4-6,15H,7H2,1-3H3,(H,16,17). The number of ether oxygens (including phenoxy) is 1. The van der Waals surface area contributed by atoms with E-state index in [1.54, 1.807) is 19.9 Å². The molecule has 0 aliphatic carbocycles. The van der Waals surface area contributed by atoms with Gasteiger partial charge in [0.05, 0.1) is 13.7 Å². The molecule has 0 unspecified atom stereocenters. The average Bonchev–Trinajstić information content (AvgIpc) is 2.36. The van der Waals surface area contributed by atoms with Crippen molar-refractivity contribution in [1.82, 2.24) is 0 Å². The van der Waals surface area contributed by atoms with Crippen molar-refractivity contribution in [3.63, 3.8) is 0 Å². The highest BCUT2D eigenvalue weighted by Crippen LogP contribution is 2.22. The van der Waals surface area contributed by atoms with Crippen molar-refractivity contribution in [2.24, 2.45) is 0 Å². The molecule has 1 aromatic heterocycles. The van der Waals surface area contributed by atoms with Crippen molar-refractivity contribution in [2.45, 2.75) is 20.5 Å². The van der Waals surface area contributed by atoms with Gasteiger partial charge in [-0.05, 0) is 25.0 Å². The molecule has 1 aromatic rings. The smallest absolute Gasteiger partial charge is 0.345 e. The van der Waals surface area contributed by atoms with Gasteiger partial charge in [0.15, 0.2) is 0 Å². The maximum Gasteiger partial charge on any atom is 0.345 e. The predicted molar refractivity (Wildman–Crippen MR) is 72.5 cm³/mol. The van der Waals surface area contributed by atoms with Crippen molar-refractivity contribution in [2.75, 3.05) is 7.11 Å². The molecule has 0 aromatic carbocycles. The molecule has 6 nitrogen and oxygen atoms in total. The number of aliphatic carboxylic acids is 1. The van der Waals surface area contributed by atoms with Gasteiger partial charge in [-0.25, -0.2) is 9.59 Å². The van der Waals surface area contributed by atoms with Gasteiger partial charge in [-0.1, -0.05) is 6.08 Å². The zero-order chi connectivity index (χ0) is 15.3. The Kier molecular flexibility index (Phi) is 5.28. The first-order chi connectivity index (χ1) is 9.38. The van der Waals surface area contributed by atoms with Crippen LogP contribution in [0.3, 0.4) is 0 Å². The highest BCUT2D eigenvalue weighted by Gasteiger charge is 2.12. The molecule has 0 saturated heterocycles. The minimum atomic E-state index is -1.05. The number of rotatable bonds is 5. The topological polar surface area (TPSA) is 97.0 Å². The lowest BCUT2D eigenvalue weighted by Crippen LogP contribution is -2.10. The molecule has 0 fully saturated rings. The third-order valence-electron chi connectivity index (χ3n) is 2.57. The summed E-state index contributed by atoms with van der Waals surface area (Å²) in [7, 11) is 1.38. The molecule has 0 saturated carbocycles. The Bertz CT molecular complexity index is 621. The summed E-state index contributed by atoms with van der Waals surface area (Å²) in [5.41, 5.74) is 0.430. The number of aliphatic hydroxyl groups is 1. The fourth-order valence-electron chi connectivity index (χ4n) is 1.67. The van der Waals surface area contributed by atoms with Gasteiger partial charge in [-0.15, -0.1) is 0 Å². The summed E-state index contributed by atoms with van der Waals surface area (Å²) in [6.45, 7) is 2.82. The van der Waals surface area contributed by atoms with Crippen LogP contribution >= 0.6 is 0 Å². The highest BCUT2D eigenvalue weighted by molar-refractivity contribution is 5.82. The largest absolute Gasteiger partial charge is 0.496 e. The SMILES string of the molecule is COc1cc(C(C)=CC(C)=CC(=O)O)oc(=O)c1CO. The lowest BCUT2D eigenvalue weighted by molar-refractivity contribution is -0.131. The number of carboxylic acid groups (broad SMARTS) is 1. The molecule has 1 heterocycles. The maximum atomic E-state index is 11.7. The van der Waals surface area contributed by atoms with E-state index in [9.17, 15) is 9.59 Å². The lowest BCUT2D eigenvalue weighted by atomic mass is 10.1. The molecule has 2 N–H and O–H groups in total. The van der Waals surface area contributed by atoms with Crippen LogP contribution in [-0.2, 0) is 11.4 Å². The van der Waals surface area contributed by atoms with Crippen LogP contribution in [-0.4, -0.2) is 23.3 Å². The summed E-state index contributed by atoms with van der Waals surface area (Å²) in [4.78, 5) is 22.2. The zero-order valence-electron chi connectivity index (χ0n) is 11.5. The fraction of sp³-hybridized carbons (Fsp3) is 0.286. The molecule has 1 rings (SSSR count). The Balaban J connectivity index is 3.27. The lowest BCUT2D eigenvalue weighted by Gasteiger charge is -2.07. The molecule has 0 spiro atoms. The van der Waals surface area contributed by atoms with Gasteiger partial charge in [-0.3, -0.25) is 0 Å². The van der Waals surface area contributed by atoms with Crippen molar-refractivity contribution in [1.29, 1.82) is 0 Å². The third-order valence-corrected chi connectivity index (χ3v) is 2.57. The van der Waals surface area contributed by atoms with Crippen molar-refractivity contribution < 1.29 is 24.2 Å². The number of carbonyl (C=O) groups is 1. The minimum Gasteiger partial charge on any atom is -0.496 e. The molecule has 20 heavy (non-hydrogen) atoms. The Labute approximate surface area is 115 Å². The van der Waals surface area contributed by atoms with Crippen LogP contribution in [0, 0.1) is 0 Å². The highest BCUT2D eigenvalue weighted by atomic mass is 16.5. The van der Waals surface area contributed by atoms with E-state index in [4.69, 9.17) is 19.4 Å². The predicted octanol–water partition coefficient (Wildman–Crippen LogP) is 1.57. The Morgan fingerprint density at radius 3 is 2.55 bits per heavy atom. The van der Waals surface area contributed by atoms with Crippen LogP contribution in [0.2, 0.25) is 0 Å². The summed E-state index contributed by atoms with van der Waals surface area (Å²) in [5, 5.41) is 17.7. The van der Waals surface area contributed by atoms with Gasteiger partial charge in [-0.2, -0.15) is 0 Å². The molecule has 0 atom stereocenters. The van der Waals surface area contributed by atoms with E-state index in [0.717, 1.165) is 6.08 Å². The van der Waals surface area contributed by atoms with Gasteiger partial charge in [0.25, 0.3) is 0 Å². The summed E-state index contributed by atoms with van der Waals surface area (Å²) >= 11 is 0. The fourth-order valence-corrected chi connectivity index (χ4v) is 1.67. The quantitative estimate of drug-likeness (QED) is 0.627. The average molecular weight is 280 g/mol. The van der Waals surface area contributed by atoms with Crippen molar-refractivity contribution in [3.05, 3.63) is 45.5 Å². The number of methoxy groups -OCH3 is 1. The van der Waals surface area contributed by atoms with Crippen molar-refractivity contribution >= 4 is 11.5 Å². The van der Waals surface area contributed by atoms with Gasteiger partial charge < -0.3 is 19.4 Å². The first kappa shape index (κ1) is 15.7. The van der Waals surface area contributed by atoms with Crippen LogP contribution in [0.5, 0.6) is 5.75 Å². The van der Waals surface area contributed by atoms with E-state index >= 15 is 0 Å². The van der Waals surface area contributed by atoms with E-state index in [1.807, 2.05) is 0 Å². The zero-order valence-corrected chi connectivity index (χ0v) is 11.5. The Morgan fingerprint density at radius 1 is 1.40 bits per heavy atom. The normalized spacial score (nSPS) is 12.4. The number of allylic oxidation sites excluding steroid dienone is 3. The van der Waals surface area contributed by atoms with E-state index in [-0.39, 0.29) is 17.1 Å². The summed E-state index contributed by atoms with van der Waals surface area (Å²) in [5.74, 6) is -0.574. The first-order valence-electron chi connectivity index (χ1n) is 5.80. The molecule has 0 aliphatic rings. The molecule has 0 aliphatic heterocycles. The Morgan fingerprint density at radius 2 is 2.05 bits per heavy atom. The van der Waals surface area contributed by atoms with E-state index < -0.39 is 18.2 Å². The second kappa shape index (κ2) is 6.72. The summed E-state index contributed by atoms with van der Waals surface area (Å²) < 4.78 is 10.1. The van der Waals surface area contributed by atoms with Gasteiger partial charge in [0.2, 0.25) is 0 Å². The van der Waals surface area contributed by atoms with Gasteiger partial charge in [0.1, 0.15) is 17.1 Å². The summed E-state index contributed by atoms with van der Waals surface area (Å²) in [6.07, 6.45) is 2.62. The van der Waals surface area contributed by atoms with E-state index in [2.05, 4.69) is 0 Å². The van der Waals surface area contributed by atoms with Gasteiger partial charge >= 0.3 is 11.6 Å². The van der Waals surface area contributed by atoms with Crippen LogP contribution in [0.1, 0.15) is 25.2 Å². The van der Waals surface area contributed by atoms with Crippen LogP contribution < -0.4 is 10.4 Å². The molecule has 6 heteroatoms. The monoisotopic (exact) mass is 280 g/mol. The molecule has 0 amide bonds. The van der Waals surface area contributed by atoms with Crippen LogP contribution in [0.15, 0.2) is 33.0 Å². The van der Waals surface area contributed by atoms with E-state index in [1.165, 1.54) is 13.2 Å². The number of hydrogen-bond acceptors (Lipinski definition) is 5. The second-order valence-electron chi connectivity index (χ2n) is 4.16. The van der Waals surface area contributed by atoms with Crippen LogP contribution in [0.25, 0.3) is 5.57 Å². The molecule has 108 valence electrons. The Hall–Kier alpha value is -2.34.